The highest BCUT2D eigenvalue weighted by Crippen LogP contribution is 2.39. The van der Waals surface area contributed by atoms with Gasteiger partial charge in [0.2, 0.25) is 11.8 Å². The van der Waals surface area contributed by atoms with E-state index in [-0.39, 0.29) is 31.0 Å². The standard InChI is InChI=1S/C45H56N8O8/c1-27-23-49(14-10-28-11-15-50(16-12-28)30-6-7-32-33(22-30)44(58)53(43(32)57)37-8-9-40(54)47-41(37)55)18-19-51(27)26-36-38(60-4)20-29(21-39(36)61-5)34-24-48(3)42(56)35-25-52(45(59)46-2)17-13-31(34)35/h6-7,20-22,24,27-28,37H,8-19,23,25-26H2,1-5H3,(H,46,59)(H,47,54,55). The molecule has 2 aromatic carbocycles. The van der Waals surface area contributed by atoms with Crippen LogP contribution in [0.25, 0.3) is 11.1 Å². The molecule has 0 radical (unpaired) electrons. The number of aromatic nitrogens is 1. The Balaban J connectivity index is 0.855. The summed E-state index contributed by atoms with van der Waals surface area (Å²) in [4.78, 5) is 86.3. The van der Waals surface area contributed by atoms with Gasteiger partial charge < -0.3 is 34.1 Å². The van der Waals surface area contributed by atoms with E-state index in [2.05, 4.69) is 32.3 Å². The molecular weight excluding hydrogens is 781 g/mol. The van der Waals surface area contributed by atoms with Crippen molar-refractivity contribution in [3.05, 3.63) is 74.7 Å². The largest absolute Gasteiger partial charge is 0.496 e. The zero-order chi connectivity index (χ0) is 43.1. The number of carbonyl (C=O) groups is 5. The molecule has 0 aliphatic carbocycles. The number of hydrogen-bond donors (Lipinski definition) is 2. The van der Waals surface area contributed by atoms with Crippen molar-refractivity contribution in [2.75, 3.05) is 72.0 Å². The first kappa shape index (κ1) is 42.0. The Morgan fingerprint density at radius 3 is 2.25 bits per heavy atom. The molecule has 16 nitrogen and oxygen atoms in total. The van der Waals surface area contributed by atoms with Crippen LogP contribution >= 0.6 is 0 Å². The minimum Gasteiger partial charge on any atom is -0.496 e. The van der Waals surface area contributed by atoms with Crippen molar-refractivity contribution in [1.82, 2.24) is 34.8 Å². The van der Waals surface area contributed by atoms with Gasteiger partial charge in [0.1, 0.15) is 17.5 Å². The fraction of sp³-hybridized carbons (Fsp3) is 0.511. The number of piperidine rings is 2. The maximum Gasteiger partial charge on any atom is 0.317 e. The van der Waals surface area contributed by atoms with Crippen LogP contribution in [0.2, 0.25) is 0 Å². The molecule has 0 bridgehead atoms. The van der Waals surface area contributed by atoms with E-state index < -0.39 is 29.7 Å². The third kappa shape index (κ3) is 8.10. The fourth-order valence-electron chi connectivity index (χ4n) is 9.89. The highest BCUT2D eigenvalue weighted by Gasteiger charge is 2.45. The Morgan fingerprint density at radius 1 is 0.852 bits per heavy atom. The summed E-state index contributed by atoms with van der Waals surface area (Å²) in [7, 11) is 6.70. The number of nitrogens with one attached hydrogen (secondary N) is 2. The predicted octanol–water partition coefficient (Wildman–Crippen LogP) is 2.98. The van der Waals surface area contributed by atoms with Gasteiger partial charge in [-0.15, -0.1) is 0 Å². The molecule has 6 amide bonds. The number of amides is 6. The Hall–Kier alpha value is -5.74. The first-order valence-corrected chi connectivity index (χ1v) is 21.4. The lowest BCUT2D eigenvalue weighted by Crippen LogP contribution is -2.54. The number of hydrogen-bond acceptors (Lipinski definition) is 11. The molecule has 2 unspecified atom stereocenters. The van der Waals surface area contributed by atoms with Crippen LogP contribution in [0.15, 0.2) is 41.3 Å². The number of urea groups is 1. The van der Waals surface area contributed by atoms with Gasteiger partial charge in [-0.1, -0.05) is 0 Å². The minimum absolute atomic E-state index is 0.0917. The lowest BCUT2D eigenvalue weighted by Gasteiger charge is -2.41. The van der Waals surface area contributed by atoms with Crippen LogP contribution in [-0.2, 0) is 36.1 Å². The van der Waals surface area contributed by atoms with E-state index in [1.165, 1.54) is 0 Å². The summed E-state index contributed by atoms with van der Waals surface area (Å²) in [5.41, 5.74) is 5.81. The predicted molar refractivity (Wildman–Crippen MR) is 228 cm³/mol. The molecule has 5 aliphatic rings. The Morgan fingerprint density at radius 2 is 1.57 bits per heavy atom. The van der Waals surface area contributed by atoms with Gasteiger partial charge in [-0.05, 0) is 92.9 Å². The van der Waals surface area contributed by atoms with Gasteiger partial charge in [0.15, 0.2) is 0 Å². The van der Waals surface area contributed by atoms with E-state index in [1.54, 1.807) is 49.9 Å². The number of rotatable bonds is 10. The van der Waals surface area contributed by atoms with E-state index in [0.29, 0.717) is 48.2 Å². The molecule has 61 heavy (non-hydrogen) atoms. The third-order valence-electron chi connectivity index (χ3n) is 13.5. The SMILES string of the molecule is CNC(=O)N1CCc2c(-c3cc(OC)c(CN4CCN(CCC5CCN(c6ccc7c(c6)C(=O)N(C6CCC(=O)NC6=O)C7=O)CC5)CC4C)c(OC)c3)cn(C)c(=O)c2C1. The zero-order valence-corrected chi connectivity index (χ0v) is 35.8. The van der Waals surface area contributed by atoms with Crippen molar-refractivity contribution < 1.29 is 33.4 Å². The number of benzene rings is 2. The molecule has 0 saturated carbocycles. The monoisotopic (exact) mass is 836 g/mol. The van der Waals surface area contributed by atoms with Gasteiger partial charge in [-0.3, -0.25) is 39.1 Å². The molecular formula is C45H56N8O8. The molecule has 324 valence electrons. The van der Waals surface area contributed by atoms with E-state index >= 15 is 0 Å². The summed E-state index contributed by atoms with van der Waals surface area (Å²) in [6.07, 6.45) is 5.85. The third-order valence-corrected chi connectivity index (χ3v) is 13.5. The maximum atomic E-state index is 13.4. The molecule has 0 spiro atoms. The van der Waals surface area contributed by atoms with E-state index in [0.717, 1.165) is 103 Å². The highest BCUT2D eigenvalue weighted by atomic mass is 16.5. The number of ether oxygens (including phenoxy) is 2. The second-order valence-corrected chi connectivity index (χ2v) is 17.0. The van der Waals surface area contributed by atoms with Crippen LogP contribution in [0, 0.1) is 5.92 Å². The quantitative estimate of drug-likeness (QED) is 0.289. The molecule has 3 fully saturated rings. The maximum absolute atomic E-state index is 13.4. The number of piperazine rings is 1. The number of aryl methyl sites for hydroxylation is 1. The molecule has 3 aromatic rings. The van der Waals surface area contributed by atoms with E-state index in [9.17, 15) is 28.8 Å². The van der Waals surface area contributed by atoms with Crippen LogP contribution in [0.5, 0.6) is 11.5 Å². The van der Waals surface area contributed by atoms with Gasteiger partial charge in [-0.2, -0.15) is 0 Å². The Labute approximate surface area is 355 Å². The number of methoxy groups -OCH3 is 2. The summed E-state index contributed by atoms with van der Waals surface area (Å²) in [5.74, 6) is 0.0874. The lowest BCUT2D eigenvalue weighted by molar-refractivity contribution is -0.136. The second kappa shape index (κ2) is 17.3. The number of fused-ring (bicyclic) bond motifs is 2. The zero-order valence-electron chi connectivity index (χ0n) is 35.8. The first-order chi connectivity index (χ1) is 29.4. The van der Waals surface area contributed by atoms with Gasteiger partial charge in [-0.25, -0.2) is 4.79 Å². The minimum atomic E-state index is -0.973. The number of carbonyl (C=O) groups excluding carboxylic acids is 5. The van der Waals surface area contributed by atoms with Crippen LogP contribution in [0.3, 0.4) is 0 Å². The highest BCUT2D eigenvalue weighted by molar-refractivity contribution is 6.23. The van der Waals surface area contributed by atoms with Crippen molar-refractivity contribution >= 4 is 35.3 Å². The van der Waals surface area contributed by atoms with Crippen molar-refractivity contribution in [1.29, 1.82) is 0 Å². The number of imide groups is 2. The van der Waals surface area contributed by atoms with Crippen LogP contribution in [0.4, 0.5) is 10.5 Å². The van der Waals surface area contributed by atoms with Crippen LogP contribution < -0.4 is 30.6 Å². The second-order valence-electron chi connectivity index (χ2n) is 17.0. The van der Waals surface area contributed by atoms with Crippen molar-refractivity contribution in [3.8, 4) is 22.6 Å². The average Bonchev–Trinajstić information content (AvgIpc) is 3.52. The summed E-state index contributed by atoms with van der Waals surface area (Å²) >= 11 is 0. The molecule has 3 saturated heterocycles. The van der Waals surface area contributed by atoms with Crippen molar-refractivity contribution in [2.24, 2.45) is 13.0 Å². The average molecular weight is 837 g/mol. The molecule has 2 atom stereocenters. The van der Waals surface area contributed by atoms with Crippen molar-refractivity contribution in [3.63, 3.8) is 0 Å². The number of anilines is 1. The van der Waals surface area contributed by atoms with Gasteiger partial charge >= 0.3 is 6.03 Å². The topological polar surface area (TPSA) is 166 Å². The summed E-state index contributed by atoms with van der Waals surface area (Å²) < 4.78 is 13.6. The van der Waals surface area contributed by atoms with Gasteiger partial charge in [0.05, 0.1) is 37.5 Å². The van der Waals surface area contributed by atoms with Crippen molar-refractivity contribution in [2.45, 2.75) is 70.6 Å². The molecule has 2 N–H and O–H groups in total. The van der Waals surface area contributed by atoms with Crippen LogP contribution in [0.1, 0.15) is 76.4 Å². The molecule has 8 rings (SSSR count). The van der Waals surface area contributed by atoms with Gasteiger partial charge in [0.25, 0.3) is 17.4 Å². The smallest absolute Gasteiger partial charge is 0.317 e. The van der Waals surface area contributed by atoms with E-state index in [1.807, 2.05) is 24.4 Å². The lowest BCUT2D eigenvalue weighted by atomic mass is 9.91. The Kier molecular flexibility index (Phi) is 11.9. The van der Waals surface area contributed by atoms with Crippen LogP contribution in [-0.4, -0.2) is 133 Å². The fourth-order valence-corrected chi connectivity index (χ4v) is 9.89. The first-order valence-electron chi connectivity index (χ1n) is 21.4. The Bertz CT molecular complexity index is 2290. The summed E-state index contributed by atoms with van der Waals surface area (Å²) in [6.45, 7) is 9.28. The van der Waals surface area contributed by atoms with E-state index in [4.69, 9.17) is 9.47 Å². The summed E-state index contributed by atoms with van der Waals surface area (Å²) in [6, 6.07) is 8.58. The number of pyridine rings is 1. The number of nitrogens with zero attached hydrogens (tertiary/aromatic N) is 6. The van der Waals surface area contributed by atoms with Gasteiger partial charge in [0, 0.05) is 95.4 Å². The molecule has 1 aromatic heterocycles. The molecule has 5 aliphatic heterocycles. The molecule has 6 heterocycles. The normalized spacial score (nSPS) is 21.4. The summed E-state index contributed by atoms with van der Waals surface area (Å²) in [5, 5.41) is 4.92. The molecule has 16 heteroatoms.